The highest BCUT2D eigenvalue weighted by Gasteiger charge is 2.14. The Hall–Kier alpha value is -2.20. The van der Waals surface area contributed by atoms with E-state index >= 15 is 0 Å². The van der Waals surface area contributed by atoms with Crippen LogP contribution in [0, 0.1) is 0 Å². The first-order valence-corrected chi connectivity index (χ1v) is 5.95. The molecule has 0 atom stereocenters. The Morgan fingerprint density at radius 1 is 1.26 bits per heavy atom. The summed E-state index contributed by atoms with van der Waals surface area (Å²) in [5, 5.41) is 9.67. The van der Waals surface area contributed by atoms with Crippen molar-refractivity contribution in [2.75, 3.05) is 5.73 Å². The van der Waals surface area contributed by atoms with Crippen LogP contribution < -0.4 is 10.5 Å². The fourth-order valence-corrected chi connectivity index (χ4v) is 1.88. The maximum atomic E-state index is 11.1. The minimum Gasteiger partial charge on any atom is -0.486 e. The Kier molecular flexibility index (Phi) is 3.92. The molecule has 0 amide bonds. The third kappa shape index (κ3) is 3.17. The molecule has 2 rings (SSSR count). The fourth-order valence-electron chi connectivity index (χ4n) is 1.67. The lowest BCUT2D eigenvalue weighted by atomic mass is 10.1. The predicted octanol–water partition coefficient (Wildman–Crippen LogP) is 3.20. The van der Waals surface area contributed by atoms with Gasteiger partial charge < -0.3 is 15.6 Å². The number of ether oxygens (including phenoxy) is 1. The van der Waals surface area contributed by atoms with Gasteiger partial charge in [-0.1, -0.05) is 29.8 Å². The summed E-state index contributed by atoms with van der Waals surface area (Å²) in [6.07, 6.45) is 0. The number of para-hydroxylation sites is 1. The second kappa shape index (κ2) is 5.63. The summed E-state index contributed by atoms with van der Waals surface area (Å²) >= 11 is 5.87. The Labute approximate surface area is 115 Å². The highest BCUT2D eigenvalue weighted by atomic mass is 35.5. The second-order valence-electron chi connectivity index (χ2n) is 3.95. The van der Waals surface area contributed by atoms with E-state index < -0.39 is 5.97 Å². The first kappa shape index (κ1) is 13.2. The molecule has 0 fully saturated rings. The van der Waals surface area contributed by atoms with Gasteiger partial charge in [0.15, 0.2) is 5.75 Å². The first-order chi connectivity index (χ1) is 9.08. The fraction of sp³-hybridized carbons (Fsp3) is 0.0714. The second-order valence-corrected chi connectivity index (χ2v) is 4.38. The van der Waals surface area contributed by atoms with Crippen LogP contribution >= 0.6 is 11.6 Å². The highest BCUT2D eigenvalue weighted by molar-refractivity contribution is 6.30. The summed E-state index contributed by atoms with van der Waals surface area (Å²) < 4.78 is 5.51. The molecule has 0 aliphatic rings. The Balaban J connectivity index is 2.22. The van der Waals surface area contributed by atoms with Crippen molar-refractivity contribution in [3.05, 3.63) is 58.6 Å². The van der Waals surface area contributed by atoms with E-state index in [2.05, 4.69) is 0 Å². The lowest BCUT2D eigenvalue weighted by Gasteiger charge is -2.11. The van der Waals surface area contributed by atoms with Crippen LogP contribution in [0.15, 0.2) is 42.5 Å². The molecule has 98 valence electrons. The summed E-state index contributed by atoms with van der Waals surface area (Å²) in [5.41, 5.74) is 6.92. The van der Waals surface area contributed by atoms with Crippen molar-refractivity contribution in [1.29, 1.82) is 0 Å². The van der Waals surface area contributed by atoms with Gasteiger partial charge in [-0.3, -0.25) is 0 Å². The molecule has 0 saturated carbocycles. The minimum absolute atomic E-state index is 0.0435. The topological polar surface area (TPSA) is 72.6 Å². The van der Waals surface area contributed by atoms with Gasteiger partial charge in [0.2, 0.25) is 0 Å². The Morgan fingerprint density at radius 2 is 2.00 bits per heavy atom. The molecular weight excluding hydrogens is 266 g/mol. The van der Waals surface area contributed by atoms with Crippen LogP contribution in [0.5, 0.6) is 5.75 Å². The van der Waals surface area contributed by atoms with E-state index in [0.29, 0.717) is 10.7 Å². The number of anilines is 1. The molecule has 2 aromatic carbocycles. The zero-order chi connectivity index (χ0) is 13.8. The molecule has 0 saturated heterocycles. The maximum absolute atomic E-state index is 11.1. The number of carboxylic acid groups (broad SMARTS) is 1. The standard InChI is InChI=1S/C14H12ClNO3/c15-10-4-1-3-9(7-10)8-19-13-11(14(17)18)5-2-6-12(13)16/h1-7H,8,16H2,(H,17,18). The number of hydrogen-bond acceptors (Lipinski definition) is 3. The van der Waals surface area contributed by atoms with E-state index in [1.165, 1.54) is 6.07 Å². The maximum Gasteiger partial charge on any atom is 0.339 e. The zero-order valence-electron chi connectivity index (χ0n) is 9.97. The molecule has 5 heteroatoms. The minimum atomic E-state index is -1.08. The lowest BCUT2D eigenvalue weighted by molar-refractivity contribution is 0.0692. The van der Waals surface area contributed by atoms with Gasteiger partial charge in [0.1, 0.15) is 12.2 Å². The van der Waals surface area contributed by atoms with Gasteiger partial charge in [-0.2, -0.15) is 0 Å². The van der Waals surface area contributed by atoms with E-state index in [9.17, 15) is 4.79 Å². The van der Waals surface area contributed by atoms with Gasteiger partial charge in [0.05, 0.1) is 5.69 Å². The third-order valence-corrected chi connectivity index (χ3v) is 2.78. The van der Waals surface area contributed by atoms with Crippen LogP contribution in [0.25, 0.3) is 0 Å². The van der Waals surface area contributed by atoms with Crippen LogP contribution in [0.2, 0.25) is 5.02 Å². The van der Waals surface area contributed by atoms with Crippen LogP contribution in [-0.4, -0.2) is 11.1 Å². The summed E-state index contributed by atoms with van der Waals surface area (Å²) in [4.78, 5) is 11.1. The summed E-state index contributed by atoms with van der Waals surface area (Å²) in [6.45, 7) is 0.203. The molecular formula is C14H12ClNO3. The molecule has 4 nitrogen and oxygen atoms in total. The quantitative estimate of drug-likeness (QED) is 0.842. The molecule has 0 heterocycles. The van der Waals surface area contributed by atoms with E-state index in [4.69, 9.17) is 27.2 Å². The number of carboxylic acids is 1. The molecule has 2 aromatic rings. The Bertz CT molecular complexity index is 613. The van der Waals surface area contributed by atoms with E-state index in [0.717, 1.165) is 5.56 Å². The van der Waals surface area contributed by atoms with E-state index in [1.54, 1.807) is 30.3 Å². The molecule has 0 radical (unpaired) electrons. The van der Waals surface area contributed by atoms with Gasteiger partial charge in [-0.25, -0.2) is 4.79 Å². The number of aromatic carboxylic acids is 1. The van der Waals surface area contributed by atoms with Gasteiger partial charge in [0.25, 0.3) is 0 Å². The predicted molar refractivity (Wildman–Crippen MR) is 73.6 cm³/mol. The van der Waals surface area contributed by atoms with Crippen molar-refractivity contribution in [3.8, 4) is 5.75 Å². The number of rotatable bonds is 4. The Morgan fingerprint density at radius 3 is 2.68 bits per heavy atom. The van der Waals surface area contributed by atoms with Crippen molar-refractivity contribution in [2.45, 2.75) is 6.61 Å². The number of benzene rings is 2. The molecule has 19 heavy (non-hydrogen) atoms. The SMILES string of the molecule is Nc1cccc(C(=O)O)c1OCc1cccc(Cl)c1. The number of carbonyl (C=O) groups is 1. The smallest absolute Gasteiger partial charge is 0.339 e. The van der Waals surface area contributed by atoms with Crippen LogP contribution in [-0.2, 0) is 6.61 Å². The summed E-state index contributed by atoms with van der Waals surface area (Å²) in [7, 11) is 0. The largest absolute Gasteiger partial charge is 0.486 e. The first-order valence-electron chi connectivity index (χ1n) is 5.57. The number of nitrogens with two attached hydrogens (primary N) is 1. The van der Waals surface area contributed by atoms with Crippen molar-refractivity contribution in [3.63, 3.8) is 0 Å². The van der Waals surface area contributed by atoms with Crippen LogP contribution in [0.3, 0.4) is 0 Å². The van der Waals surface area contributed by atoms with Crippen molar-refractivity contribution in [1.82, 2.24) is 0 Å². The van der Waals surface area contributed by atoms with Gasteiger partial charge in [0, 0.05) is 5.02 Å². The molecule has 0 aliphatic carbocycles. The van der Waals surface area contributed by atoms with Crippen molar-refractivity contribution in [2.24, 2.45) is 0 Å². The summed E-state index contributed by atoms with van der Waals surface area (Å²) in [5.74, 6) is -0.900. The molecule has 0 spiro atoms. The van der Waals surface area contributed by atoms with Gasteiger partial charge in [-0.15, -0.1) is 0 Å². The van der Waals surface area contributed by atoms with Gasteiger partial charge in [-0.05, 0) is 29.8 Å². The molecule has 0 bridgehead atoms. The average Bonchev–Trinajstić information content (AvgIpc) is 2.37. The summed E-state index contributed by atoms with van der Waals surface area (Å²) in [6, 6.07) is 11.8. The molecule has 3 N–H and O–H groups in total. The highest BCUT2D eigenvalue weighted by Crippen LogP contribution is 2.27. The lowest BCUT2D eigenvalue weighted by Crippen LogP contribution is -2.06. The van der Waals surface area contributed by atoms with E-state index in [-0.39, 0.29) is 17.9 Å². The van der Waals surface area contributed by atoms with Crippen molar-refractivity contribution >= 4 is 23.3 Å². The van der Waals surface area contributed by atoms with Crippen molar-refractivity contribution < 1.29 is 14.6 Å². The number of hydrogen-bond donors (Lipinski definition) is 2. The number of nitrogen functional groups attached to an aromatic ring is 1. The molecule has 0 aromatic heterocycles. The monoisotopic (exact) mass is 277 g/mol. The third-order valence-electron chi connectivity index (χ3n) is 2.55. The van der Waals surface area contributed by atoms with Crippen LogP contribution in [0.1, 0.15) is 15.9 Å². The van der Waals surface area contributed by atoms with Crippen LogP contribution in [0.4, 0.5) is 5.69 Å². The van der Waals surface area contributed by atoms with E-state index in [1.807, 2.05) is 6.07 Å². The van der Waals surface area contributed by atoms with Gasteiger partial charge >= 0.3 is 5.97 Å². The molecule has 0 aliphatic heterocycles. The number of halogens is 1. The molecule has 0 unspecified atom stereocenters. The zero-order valence-corrected chi connectivity index (χ0v) is 10.7. The average molecular weight is 278 g/mol. The normalized spacial score (nSPS) is 10.2.